The molecule has 0 aliphatic carbocycles. The van der Waals surface area contributed by atoms with E-state index in [1.54, 1.807) is 17.1 Å². The molecule has 8 heterocycles. The zero-order chi connectivity index (χ0) is 39.1. The molecule has 2 atom stereocenters. The maximum atomic E-state index is 12.6. The van der Waals surface area contributed by atoms with Gasteiger partial charge in [0.1, 0.15) is 0 Å². The van der Waals surface area contributed by atoms with Gasteiger partial charge in [-0.2, -0.15) is 0 Å². The van der Waals surface area contributed by atoms with E-state index in [1.165, 1.54) is 10.9 Å². The number of para-hydroxylation sites is 2. The monoisotopic (exact) mass is 780 g/mol. The number of nitrogens with two attached hydrogens (primary N) is 1. The molecule has 4 N–H and O–H groups in total. The first-order chi connectivity index (χ1) is 27.9. The Labute approximate surface area is 334 Å². The number of amides is 1. The van der Waals surface area contributed by atoms with Crippen LogP contribution in [0, 0.1) is 0 Å². The molecule has 6 aromatic heterocycles. The molecule has 2 aliphatic rings. The van der Waals surface area contributed by atoms with Crippen molar-refractivity contribution in [2.45, 2.75) is 32.4 Å². The van der Waals surface area contributed by atoms with E-state index in [9.17, 15) is 9.59 Å². The van der Waals surface area contributed by atoms with Crippen molar-refractivity contribution >= 4 is 34.5 Å². The van der Waals surface area contributed by atoms with Gasteiger partial charge in [0.25, 0.3) is 5.91 Å². The van der Waals surface area contributed by atoms with Crippen molar-refractivity contribution in [3.05, 3.63) is 146 Å². The lowest BCUT2D eigenvalue weighted by Gasteiger charge is -2.18. The Bertz CT molecular complexity index is 2580. The topological polar surface area (TPSA) is 195 Å². The fourth-order valence-corrected chi connectivity index (χ4v) is 6.85. The quantitative estimate of drug-likeness (QED) is 0.207. The first-order valence-electron chi connectivity index (χ1n) is 18.5. The number of anilines is 2. The number of nitrogens with zero attached hydrogens (tertiary/aromatic N) is 12. The largest absolute Gasteiger partial charge is 0.476 e. The average molecular weight is 781 g/mol. The number of rotatable bonds is 7. The third-order valence-corrected chi connectivity index (χ3v) is 9.69. The van der Waals surface area contributed by atoms with E-state index in [2.05, 4.69) is 66.6 Å². The third-order valence-electron chi connectivity index (χ3n) is 9.69. The minimum absolute atomic E-state index is 0. The summed E-state index contributed by atoms with van der Waals surface area (Å²) < 4.78 is 7.17. The Morgan fingerprint density at radius 3 is 1.69 bits per heavy atom. The molecule has 2 aliphatic heterocycles. The molecule has 0 unspecified atom stereocenters. The minimum atomic E-state index is -1.08. The third kappa shape index (κ3) is 8.69. The summed E-state index contributed by atoms with van der Waals surface area (Å²) in [5.41, 5.74) is 10.0. The van der Waals surface area contributed by atoms with Crippen molar-refractivity contribution in [1.29, 1.82) is 0 Å². The second-order valence-electron chi connectivity index (χ2n) is 13.6. The van der Waals surface area contributed by atoms with Crippen LogP contribution < -0.4 is 20.9 Å². The molecule has 0 saturated carbocycles. The summed E-state index contributed by atoms with van der Waals surface area (Å²) in [4.78, 5) is 36.6. The Morgan fingerprint density at radius 2 is 1.17 bits per heavy atom. The number of carboxylic acids is 1. The summed E-state index contributed by atoms with van der Waals surface area (Å²) in [5, 5.41) is 27.0. The van der Waals surface area contributed by atoms with E-state index < -0.39 is 5.97 Å². The van der Waals surface area contributed by atoms with Crippen molar-refractivity contribution in [3.8, 4) is 11.4 Å². The molecule has 2 aromatic carbocycles. The van der Waals surface area contributed by atoms with E-state index in [0.717, 1.165) is 73.1 Å². The van der Waals surface area contributed by atoms with Gasteiger partial charge in [-0.3, -0.25) is 4.79 Å². The number of hydrogen-bond donors (Lipinski definition) is 3. The zero-order valence-corrected chi connectivity index (χ0v) is 30.8. The molecule has 296 valence electrons. The molecule has 17 nitrogen and oxygen atoms in total. The van der Waals surface area contributed by atoms with Gasteiger partial charge >= 0.3 is 5.97 Å². The summed E-state index contributed by atoms with van der Waals surface area (Å²) in [6.45, 7) is 3.49. The number of aromatic nitrogens is 10. The summed E-state index contributed by atoms with van der Waals surface area (Å²) in [7, 11) is 0. The van der Waals surface area contributed by atoms with E-state index >= 15 is 0 Å². The molecule has 1 amide bonds. The highest BCUT2D eigenvalue weighted by molar-refractivity contribution is 5.92. The van der Waals surface area contributed by atoms with Crippen molar-refractivity contribution in [2.24, 2.45) is 5.73 Å². The number of carboxylic acid groups (broad SMARTS) is 1. The second-order valence-corrected chi connectivity index (χ2v) is 13.6. The average Bonchev–Trinajstić information content (AvgIpc) is 4.10. The highest BCUT2D eigenvalue weighted by Gasteiger charge is 2.27. The van der Waals surface area contributed by atoms with Gasteiger partial charge in [0.2, 0.25) is 0 Å². The van der Waals surface area contributed by atoms with Gasteiger partial charge in [-0.25, -0.2) is 24.1 Å². The molecule has 0 spiro atoms. The summed E-state index contributed by atoms with van der Waals surface area (Å²) in [6, 6.07) is 27.3. The molecule has 17 heteroatoms. The number of benzene rings is 2. The van der Waals surface area contributed by atoms with Crippen LogP contribution in [0.25, 0.3) is 22.4 Å². The fraction of sp³-hybridized carbons (Fsp3) is 0.220. The normalized spacial score (nSPS) is 15.9. The van der Waals surface area contributed by atoms with E-state index in [4.69, 9.17) is 10.8 Å². The lowest BCUT2D eigenvalue weighted by Crippen LogP contribution is -2.37. The summed E-state index contributed by atoms with van der Waals surface area (Å²) >= 11 is 0. The number of carbonyl (C=O) groups excluding carboxylic acids is 1. The van der Waals surface area contributed by atoms with Gasteiger partial charge < -0.3 is 34.8 Å². The standard InChI is InChI=1S/C20H19N7O.C11H14N4.C9H7N3O2.CH4/c28-20(17-14-27(24-23-17)16-5-2-1-3-6-16)22-15-8-11-26(13-15)19-18-7-4-10-25(18)12-9-21-19;12-9-3-6-15(8-9)11-10-2-1-5-14(10)7-4-13-11;13-9(14)8-6-12(11-10-8)7-4-2-1-3-5-7;/h1-7,9-10,12,14-15H,8,11,13H2,(H,22,28);1-2,4-5,7,9H,3,6,8,12H2;1-6H,(H,13,14);1H4/t15-;9-;;/m00../s1. The van der Waals surface area contributed by atoms with E-state index in [0.29, 0.717) is 11.7 Å². The Kier molecular flexibility index (Phi) is 11.8. The number of fused-ring (bicyclic) bond motifs is 2. The molecule has 0 bridgehead atoms. The van der Waals surface area contributed by atoms with Crippen LogP contribution in [-0.4, -0.2) is 104 Å². The van der Waals surface area contributed by atoms with Crippen molar-refractivity contribution in [1.82, 2.24) is 54.1 Å². The van der Waals surface area contributed by atoms with Crippen LogP contribution >= 0.6 is 0 Å². The highest BCUT2D eigenvalue weighted by Crippen LogP contribution is 2.24. The molecule has 8 aromatic rings. The molecule has 2 fully saturated rings. The number of carbonyl (C=O) groups is 2. The smallest absolute Gasteiger partial charge is 0.358 e. The summed E-state index contributed by atoms with van der Waals surface area (Å²) in [5.74, 6) is 0.713. The van der Waals surface area contributed by atoms with Crippen LogP contribution in [0.2, 0.25) is 0 Å². The predicted molar refractivity (Wildman–Crippen MR) is 220 cm³/mol. The number of aromatic carboxylic acids is 1. The Balaban J connectivity index is 0.000000144. The van der Waals surface area contributed by atoms with Gasteiger partial charge in [0, 0.05) is 75.4 Å². The van der Waals surface area contributed by atoms with Gasteiger partial charge in [-0.15, -0.1) is 10.2 Å². The van der Waals surface area contributed by atoms with Crippen LogP contribution in [0.4, 0.5) is 11.6 Å². The molecule has 0 radical (unpaired) electrons. The zero-order valence-electron chi connectivity index (χ0n) is 30.8. The lowest BCUT2D eigenvalue weighted by molar-refractivity contribution is 0.0690. The van der Waals surface area contributed by atoms with Crippen LogP contribution in [0.3, 0.4) is 0 Å². The summed E-state index contributed by atoms with van der Waals surface area (Å²) in [6.07, 6.45) is 16.5. The van der Waals surface area contributed by atoms with Gasteiger partial charge in [0.15, 0.2) is 23.0 Å². The fourth-order valence-electron chi connectivity index (χ4n) is 6.85. The number of nitrogens with one attached hydrogen (secondary N) is 1. The maximum Gasteiger partial charge on any atom is 0.358 e. The van der Waals surface area contributed by atoms with Crippen LogP contribution in [0.1, 0.15) is 41.2 Å². The molecule has 2 saturated heterocycles. The van der Waals surface area contributed by atoms with Crippen molar-refractivity contribution in [3.63, 3.8) is 0 Å². The minimum Gasteiger partial charge on any atom is -0.476 e. The Hall–Kier alpha value is -7.40. The predicted octanol–water partition coefficient (Wildman–Crippen LogP) is 4.40. The molecule has 10 rings (SSSR count). The van der Waals surface area contributed by atoms with Crippen LogP contribution in [0.15, 0.2) is 135 Å². The molecular weight excluding hydrogens is 737 g/mol. The van der Waals surface area contributed by atoms with Gasteiger partial charge in [-0.1, -0.05) is 54.3 Å². The van der Waals surface area contributed by atoms with E-state index in [-0.39, 0.29) is 25.1 Å². The second kappa shape index (κ2) is 17.6. The van der Waals surface area contributed by atoms with Crippen molar-refractivity contribution in [2.75, 3.05) is 36.0 Å². The van der Waals surface area contributed by atoms with Crippen LogP contribution in [0.5, 0.6) is 0 Å². The maximum absolute atomic E-state index is 12.6. The Morgan fingerprint density at radius 1 is 0.655 bits per heavy atom. The van der Waals surface area contributed by atoms with E-state index in [1.807, 2.05) is 104 Å². The van der Waals surface area contributed by atoms with Crippen molar-refractivity contribution < 1.29 is 14.7 Å². The highest BCUT2D eigenvalue weighted by atomic mass is 16.4. The first kappa shape index (κ1) is 38.9. The molecular formula is C41H44N14O3. The number of hydrogen-bond acceptors (Lipinski definition) is 11. The molecule has 58 heavy (non-hydrogen) atoms. The lowest BCUT2D eigenvalue weighted by atomic mass is 10.2. The van der Waals surface area contributed by atoms with Crippen LogP contribution in [-0.2, 0) is 0 Å². The first-order valence-corrected chi connectivity index (χ1v) is 18.5. The van der Waals surface area contributed by atoms with Gasteiger partial charge in [0.05, 0.1) is 34.8 Å². The van der Waals surface area contributed by atoms with Gasteiger partial charge in [-0.05, 0) is 61.4 Å². The SMILES string of the molecule is C.N[C@H]1CCN(c2nccn3cccc23)C1.O=C(N[C@H]1CCN(c2nccn3cccc23)C1)c1cn(-c2ccccc2)nn1.O=C(O)c1cn(-c2ccccc2)nn1.